The number of aromatic nitrogens is 1. The van der Waals surface area contributed by atoms with E-state index in [-0.39, 0.29) is 0 Å². The van der Waals surface area contributed by atoms with Crippen molar-refractivity contribution >= 4 is 23.3 Å². The van der Waals surface area contributed by atoms with E-state index >= 15 is 0 Å². The van der Waals surface area contributed by atoms with Gasteiger partial charge in [-0.1, -0.05) is 23.9 Å². The normalized spacial score (nSPS) is 15.3. The van der Waals surface area contributed by atoms with Crippen LogP contribution < -0.4 is 4.90 Å². The fourth-order valence-electron chi connectivity index (χ4n) is 2.94. The molecule has 4 heteroatoms. The number of anilines is 2. The number of fused-ring (bicyclic) bond motifs is 2. The van der Waals surface area contributed by atoms with E-state index < -0.39 is 0 Å². The van der Waals surface area contributed by atoms with E-state index in [1.807, 2.05) is 24.0 Å². The summed E-state index contributed by atoms with van der Waals surface area (Å²) in [5, 5.41) is 0. The number of para-hydroxylation sites is 1. The van der Waals surface area contributed by atoms with Crippen LogP contribution in [0.25, 0.3) is 0 Å². The molecular formula is C17H22N3S+. The van der Waals surface area contributed by atoms with Crippen molar-refractivity contribution < 1.29 is 4.48 Å². The lowest BCUT2D eigenvalue weighted by Crippen LogP contribution is -2.47. The van der Waals surface area contributed by atoms with Crippen molar-refractivity contribution in [1.29, 1.82) is 0 Å². The summed E-state index contributed by atoms with van der Waals surface area (Å²) in [5.41, 5.74) is 1.27. The summed E-state index contributed by atoms with van der Waals surface area (Å²) >= 11 is 1.81. The third kappa shape index (κ3) is 2.92. The molecule has 1 atom stereocenters. The summed E-state index contributed by atoms with van der Waals surface area (Å²) in [4.78, 5) is 9.59. The Kier molecular flexibility index (Phi) is 3.68. The van der Waals surface area contributed by atoms with E-state index in [4.69, 9.17) is 0 Å². The summed E-state index contributed by atoms with van der Waals surface area (Å²) in [6, 6.07) is 13.2. The van der Waals surface area contributed by atoms with Gasteiger partial charge in [0.05, 0.1) is 44.3 Å². The molecule has 2 heterocycles. The molecular weight excluding hydrogens is 278 g/mol. The van der Waals surface area contributed by atoms with Gasteiger partial charge in [0.25, 0.3) is 0 Å². The maximum atomic E-state index is 4.65. The van der Waals surface area contributed by atoms with Gasteiger partial charge in [-0.2, -0.15) is 0 Å². The number of hydrogen-bond acceptors (Lipinski definition) is 3. The van der Waals surface area contributed by atoms with Gasteiger partial charge in [0.1, 0.15) is 5.82 Å². The summed E-state index contributed by atoms with van der Waals surface area (Å²) in [6.45, 7) is 3.35. The molecule has 0 fully saturated rings. The molecule has 21 heavy (non-hydrogen) atoms. The first-order valence-corrected chi connectivity index (χ1v) is 8.09. The number of likely N-dealkylation sites (N-methyl/N-ethyl adjacent to an activating group) is 1. The molecule has 0 saturated heterocycles. The molecule has 3 rings (SSSR count). The predicted octanol–water partition coefficient (Wildman–Crippen LogP) is 3.78. The predicted molar refractivity (Wildman–Crippen MR) is 89.3 cm³/mol. The molecule has 0 radical (unpaired) electrons. The minimum atomic E-state index is 0.390. The van der Waals surface area contributed by atoms with Crippen LogP contribution in [0.15, 0.2) is 52.4 Å². The lowest BCUT2D eigenvalue weighted by Gasteiger charge is -2.38. The van der Waals surface area contributed by atoms with Crippen LogP contribution in [0.4, 0.5) is 11.5 Å². The van der Waals surface area contributed by atoms with Crippen molar-refractivity contribution in [3.8, 4) is 0 Å². The van der Waals surface area contributed by atoms with E-state index in [9.17, 15) is 0 Å². The summed E-state index contributed by atoms with van der Waals surface area (Å²) in [5.74, 6) is 1.09. The van der Waals surface area contributed by atoms with Gasteiger partial charge in [0, 0.05) is 11.1 Å². The van der Waals surface area contributed by atoms with Crippen LogP contribution in [0.1, 0.15) is 6.92 Å². The minimum Gasteiger partial charge on any atom is -0.329 e. The number of rotatable bonds is 3. The second-order valence-electron chi connectivity index (χ2n) is 6.59. The highest BCUT2D eigenvalue weighted by Gasteiger charge is 2.30. The Morgan fingerprint density at radius 2 is 1.81 bits per heavy atom. The zero-order chi connectivity index (χ0) is 15.0. The second kappa shape index (κ2) is 5.35. The van der Waals surface area contributed by atoms with Crippen LogP contribution in [0.3, 0.4) is 0 Å². The third-order valence-corrected chi connectivity index (χ3v) is 4.68. The van der Waals surface area contributed by atoms with E-state index in [2.05, 4.69) is 68.3 Å². The highest BCUT2D eigenvalue weighted by atomic mass is 32.2. The maximum Gasteiger partial charge on any atom is 0.147 e. The molecule has 1 aliphatic heterocycles. The first-order chi connectivity index (χ1) is 9.96. The molecule has 1 unspecified atom stereocenters. The Labute approximate surface area is 131 Å². The molecule has 0 aliphatic carbocycles. The van der Waals surface area contributed by atoms with Gasteiger partial charge in [-0.3, -0.25) is 0 Å². The lowest BCUT2D eigenvalue weighted by molar-refractivity contribution is -0.870. The van der Waals surface area contributed by atoms with Gasteiger partial charge in [0.2, 0.25) is 0 Å². The van der Waals surface area contributed by atoms with Crippen molar-refractivity contribution in [2.75, 3.05) is 32.6 Å². The zero-order valence-electron chi connectivity index (χ0n) is 13.1. The van der Waals surface area contributed by atoms with Gasteiger partial charge in [-0.15, -0.1) is 0 Å². The molecule has 0 spiro atoms. The van der Waals surface area contributed by atoms with E-state index in [1.54, 1.807) is 0 Å². The van der Waals surface area contributed by atoms with Crippen molar-refractivity contribution in [1.82, 2.24) is 4.98 Å². The molecule has 0 saturated carbocycles. The van der Waals surface area contributed by atoms with Crippen LogP contribution in [0, 0.1) is 0 Å². The van der Waals surface area contributed by atoms with Gasteiger partial charge in [-0.05, 0) is 31.2 Å². The molecule has 1 aromatic carbocycles. The fraction of sp³-hybridized carbons (Fsp3) is 0.353. The second-order valence-corrected chi connectivity index (χ2v) is 7.67. The van der Waals surface area contributed by atoms with Crippen molar-refractivity contribution in [2.45, 2.75) is 22.8 Å². The monoisotopic (exact) mass is 300 g/mol. The lowest BCUT2D eigenvalue weighted by atomic mass is 10.2. The molecule has 2 aromatic rings. The number of pyridine rings is 1. The Morgan fingerprint density at radius 1 is 1.10 bits per heavy atom. The Bertz CT molecular complexity index is 603. The first-order valence-electron chi connectivity index (χ1n) is 7.27. The third-order valence-electron chi connectivity index (χ3n) is 3.58. The van der Waals surface area contributed by atoms with Gasteiger partial charge >= 0.3 is 0 Å². The van der Waals surface area contributed by atoms with Gasteiger partial charge < -0.3 is 9.38 Å². The Balaban J connectivity index is 2.06. The summed E-state index contributed by atoms with van der Waals surface area (Å²) in [6.07, 6.45) is 1.89. The molecule has 1 aliphatic rings. The Morgan fingerprint density at radius 3 is 2.57 bits per heavy atom. The van der Waals surface area contributed by atoms with Crippen molar-refractivity contribution in [3.05, 3.63) is 42.6 Å². The quantitative estimate of drug-likeness (QED) is 0.803. The molecule has 3 nitrogen and oxygen atoms in total. The molecule has 0 bridgehead atoms. The Hall–Kier alpha value is -1.52. The highest BCUT2D eigenvalue weighted by Crippen LogP contribution is 2.47. The van der Waals surface area contributed by atoms with E-state index in [0.29, 0.717) is 6.04 Å². The van der Waals surface area contributed by atoms with Crippen molar-refractivity contribution in [3.63, 3.8) is 0 Å². The molecule has 1 aromatic heterocycles. The largest absolute Gasteiger partial charge is 0.329 e. The van der Waals surface area contributed by atoms with Gasteiger partial charge in [-0.25, -0.2) is 4.98 Å². The number of benzene rings is 1. The van der Waals surface area contributed by atoms with Gasteiger partial charge in [0.15, 0.2) is 0 Å². The molecule has 0 amide bonds. The first kappa shape index (κ1) is 14.4. The standard InChI is InChI=1S/C17H22N3S/c1-13(12-20(2,3)4)19-14-8-5-6-9-15(14)21-16-10-7-11-18-17(16)19/h5-11,13H,12H2,1-4H3/q+1. The topological polar surface area (TPSA) is 16.1 Å². The van der Waals surface area contributed by atoms with Crippen LogP contribution >= 0.6 is 11.8 Å². The molecule has 110 valence electrons. The number of nitrogens with zero attached hydrogens (tertiary/aromatic N) is 3. The van der Waals surface area contributed by atoms with Crippen LogP contribution in [0.5, 0.6) is 0 Å². The summed E-state index contributed by atoms with van der Waals surface area (Å²) in [7, 11) is 6.71. The van der Waals surface area contributed by atoms with Crippen LogP contribution in [-0.2, 0) is 0 Å². The average Bonchev–Trinajstić information content (AvgIpc) is 2.42. The van der Waals surface area contributed by atoms with E-state index in [0.717, 1.165) is 16.8 Å². The fourth-order valence-corrected chi connectivity index (χ4v) is 3.98. The minimum absolute atomic E-state index is 0.390. The van der Waals surface area contributed by atoms with Crippen LogP contribution in [-0.4, -0.2) is 43.2 Å². The summed E-state index contributed by atoms with van der Waals surface area (Å²) < 4.78 is 0.940. The SMILES string of the molecule is CC(C[N+](C)(C)C)N1c2ccccc2Sc2cccnc21. The number of quaternary nitrogens is 1. The van der Waals surface area contributed by atoms with Crippen molar-refractivity contribution in [2.24, 2.45) is 0 Å². The smallest absolute Gasteiger partial charge is 0.147 e. The highest BCUT2D eigenvalue weighted by molar-refractivity contribution is 7.99. The van der Waals surface area contributed by atoms with Crippen LogP contribution in [0.2, 0.25) is 0 Å². The van der Waals surface area contributed by atoms with E-state index in [1.165, 1.54) is 15.5 Å². The maximum absolute atomic E-state index is 4.65. The average molecular weight is 300 g/mol. The zero-order valence-corrected chi connectivity index (χ0v) is 13.9. The number of hydrogen-bond donors (Lipinski definition) is 0. The molecule has 0 N–H and O–H groups in total.